The highest BCUT2D eigenvalue weighted by atomic mass is 19.2. The lowest BCUT2D eigenvalue weighted by atomic mass is 9.70. The Bertz CT molecular complexity index is 2720. The van der Waals surface area contributed by atoms with E-state index < -0.39 is 29.2 Å². The lowest BCUT2D eigenvalue weighted by molar-refractivity contribution is 0.0958. The summed E-state index contributed by atoms with van der Waals surface area (Å²) in [4.78, 5) is 58.9. The minimum absolute atomic E-state index is 0.00403. The number of nitrogens with two attached hydrogens (primary N) is 1. The fourth-order valence-electron chi connectivity index (χ4n) is 8.72. The molecular formula is C49H56F4N6O6. The zero-order valence-corrected chi connectivity index (χ0v) is 37.5. The minimum atomic E-state index is -0.863. The van der Waals surface area contributed by atoms with Gasteiger partial charge in [-0.05, 0) is 92.4 Å². The molecule has 16 heteroatoms. The number of nitrogens with one attached hydrogen (secondary N) is 3. The average Bonchev–Trinajstić information content (AvgIpc) is 3.30. The number of carbonyl (C=O) groups excluding carboxylic acids is 2. The maximum Gasteiger partial charge on any atom is 0.270 e. The monoisotopic (exact) mass is 900 g/mol. The van der Waals surface area contributed by atoms with Crippen LogP contribution < -0.4 is 31.4 Å². The van der Waals surface area contributed by atoms with Gasteiger partial charge in [0.1, 0.15) is 11.4 Å². The molecule has 0 aliphatic heterocycles. The summed E-state index contributed by atoms with van der Waals surface area (Å²) in [6.07, 6.45) is 15.9. The number of fused-ring (bicyclic) bond motifs is 2. The van der Waals surface area contributed by atoms with Crippen LogP contribution in [0.1, 0.15) is 122 Å². The van der Waals surface area contributed by atoms with Crippen LogP contribution in [0.25, 0.3) is 21.8 Å². The summed E-state index contributed by atoms with van der Waals surface area (Å²) in [7, 11) is 4.30. The highest BCUT2D eigenvalue weighted by Gasteiger charge is 2.32. The van der Waals surface area contributed by atoms with E-state index in [9.17, 15) is 36.7 Å². The van der Waals surface area contributed by atoms with E-state index in [-0.39, 0.29) is 56.4 Å². The van der Waals surface area contributed by atoms with Crippen molar-refractivity contribution in [2.75, 3.05) is 21.3 Å². The Labute approximate surface area is 374 Å². The molecule has 1 atom stereocenters. The highest BCUT2D eigenvalue weighted by Crippen LogP contribution is 2.46. The van der Waals surface area contributed by atoms with Gasteiger partial charge in [0.15, 0.2) is 34.0 Å². The van der Waals surface area contributed by atoms with Crippen LogP contribution in [-0.4, -0.2) is 53.0 Å². The summed E-state index contributed by atoms with van der Waals surface area (Å²) >= 11 is 0. The quantitative estimate of drug-likeness (QED) is 0.114. The Balaban J connectivity index is 0.000000164. The molecule has 2 saturated carbocycles. The molecule has 2 amide bonds. The molecule has 4 aromatic heterocycles. The minimum Gasteiger partial charge on any atom is -0.493 e. The molecule has 0 radical (unpaired) electrons. The van der Waals surface area contributed by atoms with E-state index in [1.807, 2.05) is 0 Å². The van der Waals surface area contributed by atoms with Crippen LogP contribution in [0.3, 0.4) is 0 Å². The van der Waals surface area contributed by atoms with Crippen molar-refractivity contribution < 1.29 is 36.6 Å². The fourth-order valence-corrected chi connectivity index (χ4v) is 8.72. The third-order valence-corrected chi connectivity index (χ3v) is 12.1. The van der Waals surface area contributed by atoms with Crippen LogP contribution in [0.15, 0.2) is 82.9 Å². The third-order valence-electron chi connectivity index (χ3n) is 12.1. The lowest BCUT2D eigenvalue weighted by Crippen LogP contribution is -2.22. The van der Waals surface area contributed by atoms with Crippen LogP contribution >= 0.6 is 0 Å². The number of aromatic amines is 2. The van der Waals surface area contributed by atoms with Gasteiger partial charge in [0.05, 0.1) is 36.0 Å². The van der Waals surface area contributed by atoms with Gasteiger partial charge in [0.25, 0.3) is 11.8 Å². The van der Waals surface area contributed by atoms with Crippen molar-refractivity contribution in [2.24, 2.45) is 17.1 Å². The van der Waals surface area contributed by atoms with E-state index >= 15 is 0 Å². The molecule has 5 N–H and O–H groups in total. The van der Waals surface area contributed by atoms with Crippen molar-refractivity contribution >= 4 is 33.6 Å². The topological polar surface area (TPSA) is 182 Å². The number of hydrogen-bond donors (Lipinski definition) is 4. The van der Waals surface area contributed by atoms with Crippen molar-refractivity contribution in [1.82, 2.24) is 25.3 Å². The zero-order chi connectivity index (χ0) is 47.4. The first-order valence-electron chi connectivity index (χ1n) is 21.5. The number of primary amides is 1. The Kier molecular flexibility index (Phi) is 17.0. The molecule has 6 aromatic rings. The molecule has 346 valence electrons. The molecule has 2 aromatic carbocycles. The van der Waals surface area contributed by atoms with Crippen molar-refractivity contribution in [3.63, 3.8) is 0 Å². The highest BCUT2D eigenvalue weighted by molar-refractivity contribution is 6.04. The zero-order valence-electron chi connectivity index (χ0n) is 37.5. The SMILES string of the molecule is CCC1CCC(c2ccc(F)c(F)c2OC)CC1.CNC(=O)c1nccc2[nH]ccc(=O)c12.COc1c([C@@H]2CCCC(C)(C)C2)ccc(F)c1F.NC(=O)c1nccc2[nH]ccc(=O)c12. The molecule has 4 heterocycles. The van der Waals surface area contributed by atoms with E-state index in [2.05, 4.69) is 46.0 Å². The number of aromatic nitrogens is 4. The van der Waals surface area contributed by atoms with Crippen LogP contribution in [0.4, 0.5) is 17.6 Å². The molecule has 65 heavy (non-hydrogen) atoms. The normalized spacial score (nSPS) is 17.5. The van der Waals surface area contributed by atoms with Crippen LogP contribution in [0, 0.1) is 34.6 Å². The number of pyridine rings is 4. The number of ether oxygens (including phenoxy) is 2. The van der Waals surface area contributed by atoms with Crippen molar-refractivity contribution in [3.8, 4) is 11.5 Å². The smallest absolute Gasteiger partial charge is 0.270 e. The van der Waals surface area contributed by atoms with Crippen LogP contribution in [0.2, 0.25) is 0 Å². The third kappa shape index (κ3) is 12.0. The first kappa shape index (κ1) is 49.4. The molecule has 12 nitrogen and oxygen atoms in total. The molecule has 0 unspecified atom stereocenters. The van der Waals surface area contributed by atoms with Gasteiger partial charge < -0.3 is 30.5 Å². The second-order valence-corrected chi connectivity index (χ2v) is 16.8. The number of halogens is 4. The molecule has 2 aliphatic carbocycles. The average molecular weight is 901 g/mol. The van der Waals surface area contributed by atoms with Crippen LogP contribution in [-0.2, 0) is 0 Å². The van der Waals surface area contributed by atoms with Crippen molar-refractivity contribution in [3.05, 3.63) is 140 Å². The maximum absolute atomic E-state index is 13.7. The van der Waals surface area contributed by atoms with E-state index in [0.717, 1.165) is 49.1 Å². The van der Waals surface area contributed by atoms with Gasteiger partial charge in [-0.2, -0.15) is 8.78 Å². The lowest BCUT2D eigenvalue weighted by Gasteiger charge is -2.36. The van der Waals surface area contributed by atoms with Crippen LogP contribution in [0.5, 0.6) is 11.5 Å². The van der Waals surface area contributed by atoms with Crippen molar-refractivity contribution in [1.29, 1.82) is 0 Å². The predicted octanol–water partition coefficient (Wildman–Crippen LogP) is 9.62. The second-order valence-electron chi connectivity index (χ2n) is 16.8. The first-order chi connectivity index (χ1) is 31.0. The molecule has 0 bridgehead atoms. The van der Waals surface area contributed by atoms with Gasteiger partial charge in [-0.25, -0.2) is 8.78 Å². The number of rotatable bonds is 7. The number of benzene rings is 2. The molecule has 0 saturated heterocycles. The standard InChI is InChI=1S/2C15H20F2O.C10H9N3O2.C9H7N3O2/c1-15(2)8-4-5-10(9-15)11-6-7-12(16)13(17)14(11)18-3;1-3-10-4-6-11(7-5-10)12-8-9-13(16)14(17)15(12)18-2;1-11-10(15)9-8-6(2-4-13-9)12-5-3-7(8)14;10-9(14)8-7-5(1-3-12-8)11-4-2-6(7)13/h6-7,10H,4-5,8-9H2,1-3H3;8-11H,3-7H2,1-2H3;2-5H,1H3,(H,11,15)(H,12,14);1-4H,(H2,10,14)(H,11,13)/t10-;;;/m1.../s1. The summed E-state index contributed by atoms with van der Waals surface area (Å²) in [5.74, 6) is -2.93. The van der Waals surface area contributed by atoms with Gasteiger partial charge in [-0.1, -0.05) is 45.7 Å². The summed E-state index contributed by atoms with van der Waals surface area (Å²) in [6.45, 7) is 6.67. The number of H-pyrrole nitrogens is 2. The largest absolute Gasteiger partial charge is 0.493 e. The van der Waals surface area contributed by atoms with E-state index in [1.165, 1.54) is 96.0 Å². The Morgan fingerprint density at radius 2 is 1.23 bits per heavy atom. The summed E-state index contributed by atoms with van der Waals surface area (Å²) in [6, 6.07) is 11.7. The molecule has 2 aliphatic rings. The molecule has 8 rings (SSSR count). The van der Waals surface area contributed by atoms with Gasteiger partial charge in [0.2, 0.25) is 11.6 Å². The second kappa shape index (κ2) is 22.4. The molecule has 2 fully saturated rings. The Morgan fingerprint density at radius 1 is 0.738 bits per heavy atom. The Hall–Kier alpha value is -6.58. The number of methoxy groups -OCH3 is 2. The Morgan fingerprint density at radius 3 is 1.69 bits per heavy atom. The van der Waals surface area contributed by atoms with E-state index in [1.54, 1.807) is 24.3 Å². The summed E-state index contributed by atoms with van der Waals surface area (Å²) < 4.78 is 63.9. The van der Waals surface area contributed by atoms with Gasteiger partial charge in [-0.15, -0.1) is 0 Å². The molecular weight excluding hydrogens is 845 g/mol. The first-order valence-corrected chi connectivity index (χ1v) is 21.5. The summed E-state index contributed by atoms with van der Waals surface area (Å²) in [5, 5.41) is 3.00. The fraction of sp³-hybridized carbons (Fsp3) is 0.388. The summed E-state index contributed by atoms with van der Waals surface area (Å²) in [5.41, 5.74) is 7.83. The number of amides is 2. The molecule has 0 spiro atoms. The number of carbonyl (C=O) groups is 2. The van der Waals surface area contributed by atoms with Gasteiger partial charge >= 0.3 is 0 Å². The maximum atomic E-state index is 13.7. The van der Waals surface area contributed by atoms with Crippen molar-refractivity contribution in [2.45, 2.75) is 90.4 Å². The number of nitrogens with zero attached hydrogens (tertiary/aromatic N) is 2. The van der Waals surface area contributed by atoms with Gasteiger partial charge in [-0.3, -0.25) is 29.1 Å². The van der Waals surface area contributed by atoms with E-state index in [0.29, 0.717) is 22.3 Å². The van der Waals surface area contributed by atoms with Gasteiger partial charge in [0, 0.05) is 55.1 Å². The number of hydrogen-bond acceptors (Lipinski definition) is 8. The van der Waals surface area contributed by atoms with E-state index in [4.69, 9.17) is 15.2 Å². The predicted molar refractivity (Wildman–Crippen MR) is 242 cm³/mol.